The van der Waals surface area contributed by atoms with Crippen molar-refractivity contribution in [1.82, 2.24) is 0 Å². The summed E-state index contributed by atoms with van der Waals surface area (Å²) in [5.41, 5.74) is 1.71. The molecule has 0 radical (unpaired) electrons. The van der Waals surface area contributed by atoms with E-state index in [0.717, 1.165) is 24.1 Å². The Labute approximate surface area is 94.7 Å². The van der Waals surface area contributed by atoms with Crippen LogP contribution in [0.25, 0.3) is 0 Å². The van der Waals surface area contributed by atoms with Crippen molar-refractivity contribution in [2.75, 3.05) is 4.90 Å². The lowest BCUT2D eigenvalue weighted by molar-refractivity contribution is 0.597. The zero-order valence-electron chi connectivity index (χ0n) is 8.92. The quantitative estimate of drug-likeness (QED) is 0.745. The molecule has 1 saturated carbocycles. The van der Waals surface area contributed by atoms with Crippen LogP contribution in [0.2, 0.25) is 0 Å². The molecule has 0 atom stereocenters. The molecule has 5 heteroatoms. The van der Waals surface area contributed by atoms with Crippen molar-refractivity contribution in [3.8, 4) is 0 Å². The minimum Gasteiger partial charge on any atom is -0.327 e. The summed E-state index contributed by atoms with van der Waals surface area (Å²) in [5, 5.41) is 0. The Bertz CT molecular complexity index is 574. The lowest BCUT2D eigenvalue weighted by Crippen LogP contribution is -2.29. The second-order valence-electron chi connectivity index (χ2n) is 4.31. The van der Waals surface area contributed by atoms with E-state index in [2.05, 4.69) is 4.40 Å². The summed E-state index contributed by atoms with van der Waals surface area (Å²) in [6, 6.07) is 5.92. The lowest BCUT2D eigenvalue weighted by Gasteiger charge is -2.25. The monoisotopic (exact) mass is 236 g/mol. The minimum atomic E-state index is -3.48. The average Bonchev–Trinajstić information content (AvgIpc) is 3.03. The molecule has 16 heavy (non-hydrogen) atoms. The van der Waals surface area contributed by atoms with Crippen LogP contribution >= 0.6 is 0 Å². The van der Waals surface area contributed by atoms with E-state index in [4.69, 9.17) is 0 Å². The SMILES string of the molecule is Cc1ccc2c(c1)S(=O)(=O)N=CN2C1CC1. The molecule has 0 aromatic heterocycles. The highest BCUT2D eigenvalue weighted by Crippen LogP contribution is 2.37. The molecule has 3 rings (SSSR count). The Kier molecular flexibility index (Phi) is 1.89. The van der Waals surface area contributed by atoms with Gasteiger partial charge < -0.3 is 4.90 Å². The maximum Gasteiger partial charge on any atom is 0.285 e. The molecule has 2 aliphatic rings. The highest BCUT2D eigenvalue weighted by Gasteiger charge is 2.34. The van der Waals surface area contributed by atoms with Crippen molar-refractivity contribution in [2.45, 2.75) is 30.7 Å². The minimum absolute atomic E-state index is 0.335. The van der Waals surface area contributed by atoms with Crippen LogP contribution in [0.3, 0.4) is 0 Å². The van der Waals surface area contributed by atoms with Gasteiger partial charge in [0, 0.05) is 6.04 Å². The van der Waals surface area contributed by atoms with Crippen molar-refractivity contribution in [2.24, 2.45) is 4.40 Å². The van der Waals surface area contributed by atoms with Gasteiger partial charge in [0.1, 0.15) is 11.2 Å². The summed E-state index contributed by atoms with van der Waals surface area (Å²) in [4.78, 5) is 2.30. The standard InChI is InChI=1S/C11H12N2O2S/c1-8-2-5-10-11(6-8)16(14,15)12-7-13(10)9-3-4-9/h2,5-7,9H,3-4H2,1H3. The number of sulfonamides is 1. The van der Waals surface area contributed by atoms with E-state index in [1.807, 2.05) is 24.0 Å². The van der Waals surface area contributed by atoms with E-state index in [-0.39, 0.29) is 0 Å². The molecule has 1 fully saturated rings. The molecule has 1 aliphatic heterocycles. The van der Waals surface area contributed by atoms with Gasteiger partial charge in [0.2, 0.25) is 0 Å². The van der Waals surface area contributed by atoms with Crippen molar-refractivity contribution < 1.29 is 8.42 Å². The lowest BCUT2D eigenvalue weighted by atomic mass is 10.2. The molecule has 0 N–H and O–H groups in total. The van der Waals surface area contributed by atoms with Crippen LogP contribution in [0.4, 0.5) is 5.69 Å². The van der Waals surface area contributed by atoms with Gasteiger partial charge in [-0.25, -0.2) is 0 Å². The van der Waals surface area contributed by atoms with Crippen molar-refractivity contribution >= 4 is 22.0 Å². The summed E-state index contributed by atoms with van der Waals surface area (Å²) >= 11 is 0. The molecular formula is C11H12N2O2S. The molecule has 84 valence electrons. The van der Waals surface area contributed by atoms with E-state index in [1.165, 1.54) is 6.34 Å². The second kappa shape index (κ2) is 3.07. The van der Waals surface area contributed by atoms with Gasteiger partial charge >= 0.3 is 0 Å². The number of hydrogen-bond donors (Lipinski definition) is 0. The van der Waals surface area contributed by atoms with Crippen molar-refractivity contribution in [3.05, 3.63) is 23.8 Å². The van der Waals surface area contributed by atoms with Gasteiger partial charge in [-0.15, -0.1) is 4.40 Å². The molecule has 4 nitrogen and oxygen atoms in total. The van der Waals surface area contributed by atoms with Crippen LogP contribution in [0.1, 0.15) is 18.4 Å². The van der Waals surface area contributed by atoms with Gasteiger partial charge in [-0.2, -0.15) is 8.42 Å². The van der Waals surface area contributed by atoms with Crippen molar-refractivity contribution in [3.63, 3.8) is 0 Å². The highest BCUT2D eigenvalue weighted by molar-refractivity contribution is 7.90. The van der Waals surface area contributed by atoms with Crippen LogP contribution in [-0.4, -0.2) is 20.8 Å². The smallest absolute Gasteiger partial charge is 0.285 e. The molecule has 0 unspecified atom stereocenters. The summed E-state index contributed by atoms with van der Waals surface area (Å²) in [6.45, 7) is 1.88. The number of anilines is 1. The van der Waals surface area contributed by atoms with Gasteiger partial charge in [0.15, 0.2) is 0 Å². The van der Waals surface area contributed by atoms with E-state index >= 15 is 0 Å². The van der Waals surface area contributed by atoms with Crippen LogP contribution in [-0.2, 0) is 10.0 Å². The number of hydrogen-bond acceptors (Lipinski definition) is 3. The fourth-order valence-electron chi connectivity index (χ4n) is 1.92. The molecule has 1 aromatic carbocycles. The zero-order valence-corrected chi connectivity index (χ0v) is 9.74. The molecule has 1 heterocycles. The molecular weight excluding hydrogens is 224 g/mol. The Balaban J connectivity index is 2.21. The number of benzene rings is 1. The first-order chi connectivity index (χ1) is 7.58. The Morgan fingerprint density at radius 2 is 2.12 bits per heavy atom. The maximum absolute atomic E-state index is 11.8. The fraction of sp³-hybridized carbons (Fsp3) is 0.364. The first-order valence-corrected chi connectivity index (χ1v) is 6.71. The molecule has 0 amide bonds. The zero-order chi connectivity index (χ0) is 11.3. The Morgan fingerprint density at radius 1 is 1.38 bits per heavy atom. The number of nitrogens with zero attached hydrogens (tertiary/aromatic N) is 2. The fourth-order valence-corrected chi connectivity index (χ4v) is 3.03. The third kappa shape index (κ3) is 1.43. The van der Waals surface area contributed by atoms with Gasteiger partial charge in [-0.1, -0.05) is 6.07 Å². The predicted molar refractivity (Wildman–Crippen MR) is 62.4 cm³/mol. The topological polar surface area (TPSA) is 49.7 Å². The molecule has 0 saturated heterocycles. The highest BCUT2D eigenvalue weighted by atomic mass is 32.2. The summed E-state index contributed by atoms with van der Waals surface area (Å²) < 4.78 is 27.2. The van der Waals surface area contributed by atoms with Crippen LogP contribution < -0.4 is 4.90 Å². The second-order valence-corrected chi connectivity index (χ2v) is 5.91. The van der Waals surface area contributed by atoms with Gasteiger partial charge in [0.25, 0.3) is 10.0 Å². The first-order valence-electron chi connectivity index (χ1n) is 5.27. The first kappa shape index (κ1) is 9.84. The van der Waals surface area contributed by atoms with E-state index in [0.29, 0.717) is 10.9 Å². The van der Waals surface area contributed by atoms with Gasteiger partial charge in [-0.05, 0) is 37.5 Å². The Hall–Kier alpha value is -1.36. The van der Waals surface area contributed by atoms with Crippen LogP contribution in [0, 0.1) is 6.92 Å². The third-order valence-electron chi connectivity index (χ3n) is 2.92. The third-order valence-corrected chi connectivity index (χ3v) is 4.18. The molecule has 0 bridgehead atoms. The number of fused-ring (bicyclic) bond motifs is 1. The largest absolute Gasteiger partial charge is 0.327 e. The van der Waals surface area contributed by atoms with E-state index in [9.17, 15) is 8.42 Å². The Morgan fingerprint density at radius 3 is 2.81 bits per heavy atom. The molecule has 1 aromatic rings. The summed E-state index contributed by atoms with van der Waals surface area (Å²) in [6.07, 6.45) is 3.67. The van der Waals surface area contributed by atoms with E-state index < -0.39 is 10.0 Å². The summed E-state index contributed by atoms with van der Waals surface area (Å²) in [5.74, 6) is 0. The molecule has 1 aliphatic carbocycles. The van der Waals surface area contributed by atoms with Gasteiger partial charge in [0.05, 0.1) is 5.69 Å². The number of rotatable bonds is 1. The van der Waals surface area contributed by atoms with Gasteiger partial charge in [-0.3, -0.25) is 0 Å². The predicted octanol–water partition coefficient (Wildman–Crippen LogP) is 1.69. The van der Waals surface area contributed by atoms with E-state index in [1.54, 1.807) is 6.07 Å². The number of aryl methyl sites for hydroxylation is 1. The normalized spacial score (nSPS) is 21.9. The van der Waals surface area contributed by atoms with Crippen molar-refractivity contribution in [1.29, 1.82) is 0 Å². The maximum atomic E-state index is 11.8. The molecule has 0 spiro atoms. The van der Waals surface area contributed by atoms with Crippen LogP contribution in [0.5, 0.6) is 0 Å². The van der Waals surface area contributed by atoms with Crippen LogP contribution in [0.15, 0.2) is 27.5 Å². The average molecular weight is 236 g/mol. The summed E-state index contributed by atoms with van der Waals surface area (Å²) in [7, 11) is -3.48.